The van der Waals surface area contributed by atoms with Crippen molar-refractivity contribution in [2.45, 2.75) is 12.8 Å². The first kappa shape index (κ1) is 14.8. The van der Waals surface area contributed by atoms with Crippen molar-refractivity contribution in [1.29, 1.82) is 0 Å². The summed E-state index contributed by atoms with van der Waals surface area (Å²) in [6.45, 7) is 5.91. The van der Waals surface area contributed by atoms with Gasteiger partial charge >= 0.3 is 0 Å². The number of anilines is 1. The molecule has 2 saturated heterocycles. The Labute approximate surface area is 146 Å². The van der Waals surface area contributed by atoms with E-state index >= 15 is 0 Å². The average Bonchev–Trinajstić information content (AvgIpc) is 3.29. The lowest BCUT2D eigenvalue weighted by Crippen LogP contribution is -2.51. The summed E-state index contributed by atoms with van der Waals surface area (Å²) in [6, 6.07) is 8.23. The van der Waals surface area contributed by atoms with E-state index in [1.807, 2.05) is 18.3 Å². The minimum absolute atomic E-state index is 0.745. The molecule has 2 fully saturated rings. The van der Waals surface area contributed by atoms with Crippen LogP contribution in [0, 0.1) is 5.92 Å². The van der Waals surface area contributed by atoms with Crippen molar-refractivity contribution in [3.05, 3.63) is 36.7 Å². The molecule has 4 heterocycles. The summed E-state index contributed by atoms with van der Waals surface area (Å²) in [7, 11) is 0. The van der Waals surface area contributed by atoms with E-state index in [-0.39, 0.29) is 0 Å². The van der Waals surface area contributed by atoms with Gasteiger partial charge in [-0.25, -0.2) is 4.63 Å². The van der Waals surface area contributed by atoms with Gasteiger partial charge in [0.2, 0.25) is 0 Å². The summed E-state index contributed by atoms with van der Waals surface area (Å²) >= 11 is 0. The molecule has 6 nitrogen and oxygen atoms in total. The summed E-state index contributed by atoms with van der Waals surface area (Å²) in [5, 5.41) is 8.20. The number of hydrogen-bond donors (Lipinski definition) is 0. The van der Waals surface area contributed by atoms with Gasteiger partial charge in [-0.1, -0.05) is 6.07 Å². The highest BCUT2D eigenvalue weighted by Gasteiger charge is 2.31. The van der Waals surface area contributed by atoms with Gasteiger partial charge in [-0.05, 0) is 60.0 Å². The first-order valence-corrected chi connectivity index (χ1v) is 9.01. The largest absolute Gasteiger partial charge is 0.369 e. The standard InChI is InChI=1S/C19H21N5O/c1-2-7-23(6-1)11-14-12-24(13-14)18-9-16(15-4-3-5-20-10-15)8-17-19(18)22-25-21-17/h3-5,8-10,14H,1-2,6-7,11-13H2. The number of nitrogens with zero attached hydrogens (tertiary/aromatic N) is 5. The quantitative estimate of drug-likeness (QED) is 0.731. The monoisotopic (exact) mass is 335 g/mol. The fraction of sp³-hybridized carbons (Fsp3) is 0.421. The van der Waals surface area contributed by atoms with Crippen LogP contribution in [0.5, 0.6) is 0 Å². The molecule has 0 spiro atoms. The van der Waals surface area contributed by atoms with Crippen molar-refractivity contribution in [1.82, 2.24) is 20.2 Å². The minimum atomic E-state index is 0.745. The van der Waals surface area contributed by atoms with Gasteiger partial charge in [0.25, 0.3) is 0 Å². The van der Waals surface area contributed by atoms with Gasteiger partial charge in [-0.2, -0.15) is 0 Å². The molecule has 25 heavy (non-hydrogen) atoms. The van der Waals surface area contributed by atoms with Gasteiger partial charge in [0.1, 0.15) is 5.52 Å². The van der Waals surface area contributed by atoms with Crippen LogP contribution >= 0.6 is 0 Å². The molecule has 128 valence electrons. The Hall–Kier alpha value is -2.47. The Kier molecular flexibility index (Phi) is 3.63. The van der Waals surface area contributed by atoms with Gasteiger partial charge in [0.05, 0.1) is 5.69 Å². The average molecular weight is 335 g/mol. The van der Waals surface area contributed by atoms with Crippen molar-refractivity contribution in [2.75, 3.05) is 37.6 Å². The second kappa shape index (κ2) is 6.11. The van der Waals surface area contributed by atoms with Gasteiger partial charge in [0, 0.05) is 43.5 Å². The molecule has 0 N–H and O–H groups in total. The fourth-order valence-corrected chi connectivity index (χ4v) is 4.03. The molecule has 0 radical (unpaired) electrons. The summed E-state index contributed by atoms with van der Waals surface area (Å²) in [5.74, 6) is 0.745. The van der Waals surface area contributed by atoms with E-state index < -0.39 is 0 Å². The van der Waals surface area contributed by atoms with Gasteiger partial charge in [-0.3, -0.25) is 4.98 Å². The van der Waals surface area contributed by atoms with Crippen molar-refractivity contribution >= 4 is 16.7 Å². The fourth-order valence-electron chi connectivity index (χ4n) is 4.03. The van der Waals surface area contributed by atoms with E-state index in [9.17, 15) is 0 Å². The number of likely N-dealkylation sites (tertiary alicyclic amines) is 1. The lowest BCUT2D eigenvalue weighted by molar-refractivity contribution is 0.247. The van der Waals surface area contributed by atoms with Crippen LogP contribution in [0.4, 0.5) is 5.69 Å². The predicted octanol–water partition coefficient (Wildman–Crippen LogP) is 2.82. The third-order valence-corrected chi connectivity index (χ3v) is 5.35. The molecule has 0 saturated carbocycles. The molecule has 1 aromatic carbocycles. The summed E-state index contributed by atoms with van der Waals surface area (Å²) < 4.78 is 5.00. The number of hydrogen-bond acceptors (Lipinski definition) is 6. The highest BCUT2D eigenvalue weighted by Crippen LogP contribution is 2.35. The zero-order valence-corrected chi connectivity index (χ0v) is 14.1. The second-order valence-electron chi connectivity index (χ2n) is 7.15. The molecule has 2 aliphatic heterocycles. The third kappa shape index (κ3) is 2.76. The highest BCUT2D eigenvalue weighted by atomic mass is 16.6. The lowest BCUT2D eigenvalue weighted by atomic mass is 9.97. The number of aromatic nitrogens is 3. The van der Waals surface area contributed by atoms with Crippen LogP contribution < -0.4 is 4.90 Å². The molecule has 0 amide bonds. The van der Waals surface area contributed by atoms with E-state index in [4.69, 9.17) is 4.63 Å². The van der Waals surface area contributed by atoms with E-state index in [0.29, 0.717) is 0 Å². The normalized spacial score (nSPS) is 18.8. The van der Waals surface area contributed by atoms with Crippen LogP contribution in [-0.4, -0.2) is 52.9 Å². The smallest absolute Gasteiger partial charge is 0.158 e. The number of rotatable bonds is 4. The Morgan fingerprint density at radius 2 is 1.96 bits per heavy atom. The molecule has 5 rings (SSSR count). The topological polar surface area (TPSA) is 58.3 Å². The SMILES string of the molecule is c1cncc(-c2cc(N3CC(CN4CCCC4)C3)c3nonc3c2)c1. The van der Waals surface area contributed by atoms with E-state index in [2.05, 4.69) is 37.2 Å². The molecule has 0 unspecified atom stereocenters. The minimum Gasteiger partial charge on any atom is -0.369 e. The second-order valence-corrected chi connectivity index (χ2v) is 7.15. The summed E-state index contributed by atoms with van der Waals surface area (Å²) in [4.78, 5) is 9.22. The molecule has 3 aromatic rings. The number of benzene rings is 1. The van der Waals surface area contributed by atoms with Crippen LogP contribution in [0.15, 0.2) is 41.3 Å². The third-order valence-electron chi connectivity index (χ3n) is 5.35. The first-order valence-electron chi connectivity index (χ1n) is 9.01. The predicted molar refractivity (Wildman–Crippen MR) is 96.4 cm³/mol. The van der Waals surface area contributed by atoms with Gasteiger partial charge < -0.3 is 9.80 Å². The van der Waals surface area contributed by atoms with Crippen LogP contribution in [0.3, 0.4) is 0 Å². The Bertz CT molecular complexity index is 866. The maximum Gasteiger partial charge on any atom is 0.158 e. The molecule has 0 bridgehead atoms. The molecular formula is C19H21N5O. The Morgan fingerprint density at radius 3 is 2.76 bits per heavy atom. The van der Waals surface area contributed by atoms with Crippen molar-refractivity contribution in [3.63, 3.8) is 0 Å². The first-order chi connectivity index (χ1) is 12.4. The van der Waals surface area contributed by atoms with Crippen molar-refractivity contribution < 1.29 is 4.63 Å². The maximum absolute atomic E-state index is 5.00. The number of fused-ring (bicyclic) bond motifs is 1. The number of pyridine rings is 1. The molecule has 2 aliphatic rings. The molecule has 6 heteroatoms. The summed E-state index contributed by atoms with van der Waals surface area (Å²) in [5.41, 5.74) is 4.97. The lowest BCUT2D eigenvalue weighted by Gasteiger charge is -2.42. The molecule has 2 aromatic heterocycles. The van der Waals surface area contributed by atoms with Crippen molar-refractivity contribution in [2.24, 2.45) is 5.92 Å². The van der Waals surface area contributed by atoms with E-state index in [0.717, 1.165) is 46.9 Å². The Balaban J connectivity index is 1.40. The molecule has 0 atom stereocenters. The van der Waals surface area contributed by atoms with Gasteiger partial charge in [-0.15, -0.1) is 0 Å². The summed E-state index contributed by atoms with van der Waals surface area (Å²) in [6.07, 6.45) is 6.38. The zero-order valence-electron chi connectivity index (χ0n) is 14.1. The van der Waals surface area contributed by atoms with E-state index in [1.54, 1.807) is 6.20 Å². The van der Waals surface area contributed by atoms with Crippen LogP contribution in [-0.2, 0) is 0 Å². The van der Waals surface area contributed by atoms with Crippen LogP contribution in [0.1, 0.15) is 12.8 Å². The molecular weight excluding hydrogens is 314 g/mol. The van der Waals surface area contributed by atoms with E-state index in [1.165, 1.54) is 32.5 Å². The maximum atomic E-state index is 5.00. The highest BCUT2D eigenvalue weighted by molar-refractivity contribution is 5.92. The van der Waals surface area contributed by atoms with Crippen LogP contribution in [0.2, 0.25) is 0 Å². The Morgan fingerprint density at radius 1 is 1.08 bits per heavy atom. The molecule has 0 aliphatic carbocycles. The van der Waals surface area contributed by atoms with Crippen LogP contribution in [0.25, 0.3) is 22.2 Å². The van der Waals surface area contributed by atoms with Gasteiger partial charge in [0.15, 0.2) is 5.52 Å². The zero-order chi connectivity index (χ0) is 16.6. The van der Waals surface area contributed by atoms with Crippen molar-refractivity contribution in [3.8, 4) is 11.1 Å².